The van der Waals surface area contributed by atoms with Gasteiger partial charge in [-0.1, -0.05) is 36.2 Å². The van der Waals surface area contributed by atoms with Crippen molar-refractivity contribution in [3.63, 3.8) is 0 Å². The lowest BCUT2D eigenvalue weighted by Crippen LogP contribution is -2.46. The van der Waals surface area contributed by atoms with E-state index in [1.165, 1.54) is 18.7 Å². The number of carbonyl (C=O) groups is 2. The van der Waals surface area contributed by atoms with Crippen LogP contribution in [0.25, 0.3) is 0 Å². The zero-order valence-corrected chi connectivity index (χ0v) is 9.15. The highest BCUT2D eigenvalue weighted by molar-refractivity contribution is 8.23. The van der Waals surface area contributed by atoms with Crippen LogP contribution in [0.3, 0.4) is 0 Å². The molecule has 1 aliphatic rings. The molecule has 0 aromatic rings. The van der Waals surface area contributed by atoms with E-state index < -0.39 is 0 Å². The number of Topliss-reactive ketones (excluding diaryl/α,β-unsaturated/α-hetero) is 1. The van der Waals surface area contributed by atoms with Crippen LogP contribution in [0.1, 0.15) is 6.92 Å². The number of ketones is 1. The van der Waals surface area contributed by atoms with Crippen molar-refractivity contribution >= 4 is 57.2 Å². The van der Waals surface area contributed by atoms with E-state index in [2.05, 4.69) is 5.43 Å². The normalized spacial score (nSPS) is 16.2. The van der Waals surface area contributed by atoms with Crippen LogP contribution < -0.4 is 5.43 Å². The van der Waals surface area contributed by atoms with Gasteiger partial charge in [-0.2, -0.15) is 0 Å². The molecule has 1 N–H and O–H groups in total. The first kappa shape index (κ1) is 10.6. The van der Waals surface area contributed by atoms with Gasteiger partial charge >= 0.3 is 0 Å². The van der Waals surface area contributed by atoms with Crippen molar-refractivity contribution in [1.82, 2.24) is 10.4 Å². The molecule has 1 fully saturated rings. The van der Waals surface area contributed by atoms with Crippen molar-refractivity contribution in [2.24, 2.45) is 0 Å². The molecule has 70 valence electrons. The molecule has 0 radical (unpaired) electrons. The topological polar surface area (TPSA) is 49.4 Å². The Kier molecular flexibility index (Phi) is 3.34. The molecule has 4 nitrogen and oxygen atoms in total. The summed E-state index contributed by atoms with van der Waals surface area (Å²) in [6.45, 7) is 1.33. The van der Waals surface area contributed by atoms with Gasteiger partial charge < -0.3 is 0 Å². The maximum Gasteiger partial charge on any atom is 0.257 e. The van der Waals surface area contributed by atoms with Gasteiger partial charge in [0, 0.05) is 6.92 Å². The lowest BCUT2D eigenvalue weighted by atomic mass is 10.4. The van der Waals surface area contributed by atoms with Gasteiger partial charge in [-0.3, -0.25) is 15.0 Å². The number of hydrazine groups is 1. The Morgan fingerprint density at radius 2 is 2.31 bits per heavy atom. The zero-order chi connectivity index (χ0) is 10.0. The van der Waals surface area contributed by atoms with Gasteiger partial charge in [0.15, 0.2) is 15.1 Å². The summed E-state index contributed by atoms with van der Waals surface area (Å²) in [6.07, 6.45) is 0. The second-order valence-electron chi connectivity index (χ2n) is 2.28. The summed E-state index contributed by atoms with van der Waals surface area (Å²) in [4.78, 5) is 21.9. The fourth-order valence-electron chi connectivity index (χ4n) is 0.643. The van der Waals surface area contributed by atoms with Gasteiger partial charge in [0.2, 0.25) is 0 Å². The molecule has 1 aliphatic heterocycles. The Bertz CT molecular complexity index is 286. The second-order valence-corrected chi connectivity index (χ2v) is 4.30. The van der Waals surface area contributed by atoms with Gasteiger partial charge in [-0.05, 0) is 0 Å². The van der Waals surface area contributed by atoms with Crippen LogP contribution >= 0.6 is 36.2 Å². The van der Waals surface area contributed by atoms with Crippen molar-refractivity contribution in [2.75, 3.05) is 5.75 Å². The summed E-state index contributed by atoms with van der Waals surface area (Å²) >= 11 is 10.8. The molecule has 0 bridgehead atoms. The van der Waals surface area contributed by atoms with Gasteiger partial charge in [0.1, 0.15) is 0 Å². The van der Waals surface area contributed by atoms with Crippen LogP contribution in [0.5, 0.6) is 0 Å². The monoisotopic (exact) mass is 234 g/mol. The van der Waals surface area contributed by atoms with Crippen LogP contribution in [-0.2, 0) is 9.59 Å². The molecule has 1 rings (SSSR count). The quantitative estimate of drug-likeness (QED) is 0.692. The van der Waals surface area contributed by atoms with Crippen molar-refractivity contribution in [3.05, 3.63) is 0 Å². The summed E-state index contributed by atoms with van der Waals surface area (Å²) in [6, 6.07) is 0. The highest BCUT2D eigenvalue weighted by atomic mass is 32.2. The highest BCUT2D eigenvalue weighted by Gasteiger charge is 2.27. The smallest absolute Gasteiger partial charge is 0.257 e. The van der Waals surface area contributed by atoms with E-state index in [0.717, 1.165) is 5.01 Å². The third kappa shape index (κ3) is 2.45. The third-order valence-electron chi connectivity index (χ3n) is 1.28. The molecule has 0 aromatic carbocycles. The largest absolute Gasteiger partial charge is 0.292 e. The number of rotatable bonds is 2. The van der Waals surface area contributed by atoms with Crippen molar-refractivity contribution in [2.45, 2.75) is 6.92 Å². The van der Waals surface area contributed by atoms with E-state index in [4.69, 9.17) is 24.4 Å². The molecule has 1 amide bonds. The van der Waals surface area contributed by atoms with Crippen molar-refractivity contribution < 1.29 is 9.59 Å². The fourth-order valence-corrected chi connectivity index (χ4v) is 1.71. The number of nitrogens with one attached hydrogen (secondary N) is 1. The summed E-state index contributed by atoms with van der Waals surface area (Å²) < 4.78 is 0.397. The number of hydrogen-bond acceptors (Lipinski definition) is 5. The van der Waals surface area contributed by atoms with E-state index in [-0.39, 0.29) is 16.7 Å². The van der Waals surface area contributed by atoms with Crippen LogP contribution in [0.4, 0.5) is 0 Å². The molecule has 0 aromatic heterocycles. The Hall–Kier alpha value is -0.530. The molecule has 0 atom stereocenters. The van der Waals surface area contributed by atoms with Crippen molar-refractivity contribution in [3.8, 4) is 0 Å². The number of carbonyl (C=O) groups excluding carboxylic acids is 2. The number of thioether (sulfide) groups is 1. The summed E-state index contributed by atoms with van der Waals surface area (Å²) in [7, 11) is 0. The molecule has 13 heavy (non-hydrogen) atoms. The molecule has 7 heteroatoms. The number of hydrogen-bond donors (Lipinski definition) is 1. The average molecular weight is 234 g/mol. The van der Waals surface area contributed by atoms with Gasteiger partial charge in [0.05, 0.1) is 5.75 Å². The summed E-state index contributed by atoms with van der Waals surface area (Å²) in [5.41, 5.74) is 2.48. The van der Waals surface area contributed by atoms with Gasteiger partial charge in [0.25, 0.3) is 5.91 Å². The lowest BCUT2D eigenvalue weighted by Gasteiger charge is -2.15. The van der Waals surface area contributed by atoms with Gasteiger partial charge in [-0.25, -0.2) is 5.01 Å². The highest BCUT2D eigenvalue weighted by Crippen LogP contribution is 2.16. The molecule has 0 unspecified atom stereocenters. The first-order chi connectivity index (χ1) is 6.02. The maximum absolute atomic E-state index is 11.1. The van der Waals surface area contributed by atoms with E-state index in [1.54, 1.807) is 0 Å². The summed E-state index contributed by atoms with van der Waals surface area (Å²) in [5.74, 6) is -0.173. The van der Waals surface area contributed by atoms with Crippen LogP contribution in [-0.4, -0.2) is 31.8 Å². The Labute approximate surface area is 90.0 Å². The second kappa shape index (κ2) is 4.12. The average Bonchev–Trinajstić information content (AvgIpc) is 2.35. The summed E-state index contributed by atoms with van der Waals surface area (Å²) in [5, 5.41) is 1.13. The molecule has 0 aliphatic carbocycles. The minimum atomic E-state index is -0.289. The molecule has 1 saturated heterocycles. The third-order valence-corrected chi connectivity index (χ3v) is 3.02. The van der Waals surface area contributed by atoms with Crippen LogP contribution in [0.2, 0.25) is 0 Å². The van der Waals surface area contributed by atoms with E-state index in [1.807, 2.05) is 0 Å². The number of amides is 1. The minimum Gasteiger partial charge on any atom is -0.292 e. The van der Waals surface area contributed by atoms with E-state index in [0.29, 0.717) is 10.1 Å². The Balaban J connectivity index is 2.63. The molecular weight excluding hydrogens is 228 g/mol. The minimum absolute atomic E-state index is 0.00167. The molecular formula is C6H6N2O2S3. The maximum atomic E-state index is 11.1. The Morgan fingerprint density at radius 3 is 2.69 bits per heavy atom. The number of thiocarbonyl (C=S) groups is 2. The zero-order valence-electron chi connectivity index (χ0n) is 6.70. The van der Waals surface area contributed by atoms with E-state index in [9.17, 15) is 9.59 Å². The van der Waals surface area contributed by atoms with E-state index >= 15 is 0 Å². The first-order valence-electron chi connectivity index (χ1n) is 3.33. The molecule has 0 saturated carbocycles. The number of nitrogens with zero attached hydrogens (tertiary/aromatic N) is 1. The van der Waals surface area contributed by atoms with Crippen LogP contribution in [0, 0.1) is 0 Å². The van der Waals surface area contributed by atoms with Crippen molar-refractivity contribution in [1.29, 1.82) is 0 Å². The predicted octanol–water partition coefficient (Wildman–Crippen LogP) is 0.268. The predicted molar refractivity (Wildman–Crippen MR) is 58.3 cm³/mol. The van der Waals surface area contributed by atoms with Crippen LogP contribution in [0.15, 0.2) is 0 Å². The first-order valence-corrected chi connectivity index (χ1v) is 5.14. The molecule has 1 heterocycles. The lowest BCUT2D eigenvalue weighted by molar-refractivity contribution is -0.125. The Morgan fingerprint density at radius 1 is 1.69 bits per heavy atom. The van der Waals surface area contributed by atoms with Gasteiger partial charge in [-0.15, -0.1) is 0 Å². The SMILES string of the molecule is CC(=O)C(=S)NN1C(=O)CSC1=S. The fraction of sp³-hybridized carbons (Fsp3) is 0.333. The standard InChI is InChI=1S/C6H6N2O2S3/c1-3(9)5(11)7-8-4(10)2-13-6(8)12/h2H2,1H3,(H,7,11). The molecule has 0 spiro atoms.